The molecule has 0 bridgehead atoms. The normalized spacial score (nSPS) is 18.8. The van der Waals surface area contributed by atoms with Gasteiger partial charge in [0.15, 0.2) is 12.5 Å². The van der Waals surface area contributed by atoms with E-state index in [4.69, 9.17) is 4.74 Å². The topological polar surface area (TPSA) is 80.2 Å². The van der Waals surface area contributed by atoms with Crippen LogP contribution in [0.1, 0.15) is 12.5 Å². The van der Waals surface area contributed by atoms with Crippen molar-refractivity contribution < 1.29 is 22.7 Å². The summed E-state index contributed by atoms with van der Waals surface area (Å²) >= 11 is 0. The average Bonchev–Trinajstić information content (AvgIpc) is 3.14. The summed E-state index contributed by atoms with van der Waals surface area (Å²) in [4.78, 5) is 25.9. The van der Waals surface area contributed by atoms with Crippen LogP contribution in [0.5, 0.6) is 0 Å². The van der Waals surface area contributed by atoms with E-state index in [1.165, 1.54) is 18.3 Å². The summed E-state index contributed by atoms with van der Waals surface area (Å²) in [6, 6.07) is 9.98. The van der Waals surface area contributed by atoms with E-state index in [-0.39, 0.29) is 17.7 Å². The van der Waals surface area contributed by atoms with Crippen LogP contribution < -0.4 is 10.2 Å². The molecule has 2 atom stereocenters. The maximum atomic E-state index is 12.9. The second-order valence-electron chi connectivity index (χ2n) is 6.99. The highest BCUT2D eigenvalue weighted by Crippen LogP contribution is 2.31. The Labute approximate surface area is 175 Å². The van der Waals surface area contributed by atoms with Gasteiger partial charge < -0.3 is 15.0 Å². The SMILES string of the molecule is CC1COC(C=O)N1c1cc(-c2ccnc(Nc3cccc(C(F)(F)F)c3)n2)ccn1. The first-order chi connectivity index (χ1) is 14.8. The fraction of sp³-hybridized carbons (Fsp3) is 0.238. The number of carbonyl (C=O) groups excluding carboxylic acids is 1. The van der Waals surface area contributed by atoms with Crippen molar-refractivity contribution in [2.24, 2.45) is 0 Å². The number of carbonyl (C=O) groups is 1. The minimum atomic E-state index is -4.44. The van der Waals surface area contributed by atoms with Crippen molar-refractivity contribution in [1.29, 1.82) is 0 Å². The van der Waals surface area contributed by atoms with Gasteiger partial charge in [-0.05, 0) is 43.3 Å². The van der Waals surface area contributed by atoms with E-state index in [9.17, 15) is 18.0 Å². The van der Waals surface area contributed by atoms with Gasteiger partial charge in [0.2, 0.25) is 5.95 Å². The molecule has 7 nitrogen and oxygen atoms in total. The summed E-state index contributed by atoms with van der Waals surface area (Å²) in [6.07, 6.45) is -1.32. The van der Waals surface area contributed by atoms with Gasteiger partial charge in [-0.25, -0.2) is 15.0 Å². The number of nitrogens with zero attached hydrogens (tertiary/aromatic N) is 4. The molecule has 160 valence electrons. The number of benzene rings is 1. The van der Waals surface area contributed by atoms with Gasteiger partial charge >= 0.3 is 6.18 Å². The number of halogens is 3. The van der Waals surface area contributed by atoms with Crippen molar-refractivity contribution in [2.45, 2.75) is 25.4 Å². The molecule has 1 aliphatic heterocycles. The molecule has 2 aromatic heterocycles. The zero-order chi connectivity index (χ0) is 22.0. The Morgan fingerprint density at radius 3 is 2.74 bits per heavy atom. The molecule has 2 unspecified atom stereocenters. The smallest absolute Gasteiger partial charge is 0.349 e. The first-order valence-corrected chi connectivity index (χ1v) is 9.44. The summed E-state index contributed by atoms with van der Waals surface area (Å²) in [5.41, 5.74) is 0.713. The summed E-state index contributed by atoms with van der Waals surface area (Å²) < 4.78 is 44.3. The zero-order valence-electron chi connectivity index (χ0n) is 16.4. The van der Waals surface area contributed by atoms with E-state index < -0.39 is 18.0 Å². The minimum Gasteiger partial charge on any atom is -0.349 e. The van der Waals surface area contributed by atoms with Gasteiger partial charge in [0, 0.05) is 23.6 Å². The number of hydrogen-bond donors (Lipinski definition) is 1. The minimum absolute atomic E-state index is 0.0264. The van der Waals surface area contributed by atoms with Gasteiger partial charge in [-0.1, -0.05) is 6.07 Å². The summed E-state index contributed by atoms with van der Waals surface area (Å²) in [5.74, 6) is 0.712. The number of nitrogens with one attached hydrogen (secondary N) is 1. The van der Waals surface area contributed by atoms with Crippen LogP contribution in [0, 0.1) is 0 Å². The third-order valence-electron chi connectivity index (χ3n) is 4.78. The van der Waals surface area contributed by atoms with Crippen molar-refractivity contribution in [1.82, 2.24) is 15.0 Å². The fourth-order valence-electron chi connectivity index (χ4n) is 3.31. The molecule has 1 saturated heterocycles. The Morgan fingerprint density at radius 1 is 1.16 bits per heavy atom. The lowest BCUT2D eigenvalue weighted by Gasteiger charge is -2.24. The van der Waals surface area contributed by atoms with Crippen molar-refractivity contribution in [3.8, 4) is 11.3 Å². The maximum absolute atomic E-state index is 12.9. The summed E-state index contributed by atoms with van der Waals surface area (Å²) in [6.45, 7) is 2.34. The third kappa shape index (κ3) is 4.48. The molecule has 1 aromatic carbocycles. The monoisotopic (exact) mass is 429 g/mol. The van der Waals surface area contributed by atoms with Crippen LogP contribution in [0.25, 0.3) is 11.3 Å². The Morgan fingerprint density at radius 2 is 1.97 bits per heavy atom. The Hall–Kier alpha value is -3.53. The molecule has 1 fully saturated rings. The first kappa shape index (κ1) is 20.7. The quantitative estimate of drug-likeness (QED) is 0.613. The molecule has 4 rings (SSSR count). The highest BCUT2D eigenvalue weighted by Gasteiger charge is 2.32. The lowest BCUT2D eigenvalue weighted by molar-refractivity contribution is -0.137. The van der Waals surface area contributed by atoms with Gasteiger partial charge in [-0.15, -0.1) is 0 Å². The number of aromatic nitrogens is 3. The Kier molecular flexibility index (Phi) is 5.55. The Balaban J connectivity index is 1.60. The second-order valence-corrected chi connectivity index (χ2v) is 6.99. The molecule has 3 heterocycles. The first-order valence-electron chi connectivity index (χ1n) is 9.44. The van der Waals surface area contributed by atoms with Crippen LogP contribution in [-0.4, -0.2) is 40.1 Å². The number of aldehydes is 1. The molecular formula is C21H18F3N5O2. The average molecular weight is 429 g/mol. The molecular weight excluding hydrogens is 411 g/mol. The number of anilines is 3. The molecule has 0 spiro atoms. The molecule has 1 N–H and O–H groups in total. The van der Waals surface area contributed by atoms with Gasteiger partial charge in [0.1, 0.15) is 5.82 Å². The highest BCUT2D eigenvalue weighted by molar-refractivity contribution is 5.69. The van der Waals surface area contributed by atoms with Crippen LogP contribution in [0.15, 0.2) is 54.9 Å². The largest absolute Gasteiger partial charge is 0.416 e. The van der Waals surface area contributed by atoms with Crippen LogP contribution in [0.3, 0.4) is 0 Å². The van der Waals surface area contributed by atoms with E-state index in [1.54, 1.807) is 29.3 Å². The molecule has 0 amide bonds. The predicted molar refractivity (Wildman–Crippen MR) is 108 cm³/mol. The third-order valence-corrected chi connectivity index (χ3v) is 4.78. The molecule has 3 aromatic rings. The van der Waals surface area contributed by atoms with Crippen molar-refractivity contribution in [3.05, 3.63) is 60.4 Å². The summed E-state index contributed by atoms with van der Waals surface area (Å²) in [7, 11) is 0. The fourth-order valence-corrected chi connectivity index (χ4v) is 3.31. The van der Waals surface area contributed by atoms with Gasteiger partial charge in [0.25, 0.3) is 0 Å². The number of rotatable bonds is 5. The van der Waals surface area contributed by atoms with E-state index in [2.05, 4.69) is 20.3 Å². The molecule has 0 saturated carbocycles. The van der Waals surface area contributed by atoms with Crippen molar-refractivity contribution in [2.75, 3.05) is 16.8 Å². The number of hydrogen-bond acceptors (Lipinski definition) is 7. The van der Waals surface area contributed by atoms with Crippen LogP contribution >= 0.6 is 0 Å². The molecule has 0 aliphatic carbocycles. The number of alkyl halides is 3. The number of ether oxygens (including phenoxy) is 1. The van der Waals surface area contributed by atoms with Crippen molar-refractivity contribution in [3.63, 3.8) is 0 Å². The highest BCUT2D eigenvalue weighted by atomic mass is 19.4. The second kappa shape index (κ2) is 8.31. The van der Waals surface area contributed by atoms with Gasteiger partial charge in [-0.2, -0.15) is 13.2 Å². The predicted octanol–water partition coefficient (Wildman–Crippen LogP) is 4.05. The van der Waals surface area contributed by atoms with Gasteiger partial charge in [-0.3, -0.25) is 4.79 Å². The van der Waals surface area contributed by atoms with Crippen LogP contribution in [0.2, 0.25) is 0 Å². The molecule has 0 radical (unpaired) electrons. The van der Waals surface area contributed by atoms with E-state index in [0.717, 1.165) is 18.4 Å². The molecule has 10 heteroatoms. The van der Waals surface area contributed by atoms with Crippen LogP contribution in [-0.2, 0) is 15.7 Å². The lowest BCUT2D eigenvalue weighted by Crippen LogP contribution is -2.36. The molecule has 1 aliphatic rings. The van der Waals surface area contributed by atoms with Gasteiger partial charge in [0.05, 0.1) is 23.9 Å². The molecule has 31 heavy (non-hydrogen) atoms. The lowest BCUT2D eigenvalue weighted by atomic mass is 10.1. The van der Waals surface area contributed by atoms with E-state index in [0.29, 0.717) is 23.7 Å². The van der Waals surface area contributed by atoms with E-state index in [1.807, 2.05) is 6.92 Å². The Bertz CT molecular complexity index is 1090. The summed E-state index contributed by atoms with van der Waals surface area (Å²) in [5, 5.41) is 2.80. The van der Waals surface area contributed by atoms with E-state index >= 15 is 0 Å². The van der Waals surface area contributed by atoms with Crippen molar-refractivity contribution >= 4 is 23.7 Å². The standard InChI is InChI=1S/C21H18F3N5O2/c1-13-12-31-19(11-30)29(13)18-9-14(5-7-25-18)17-6-8-26-20(28-17)27-16-4-2-3-15(10-16)21(22,23)24/h2-11,13,19H,12H2,1H3,(H,26,27,28). The zero-order valence-corrected chi connectivity index (χ0v) is 16.4. The number of pyridine rings is 1. The maximum Gasteiger partial charge on any atom is 0.416 e. The van der Waals surface area contributed by atoms with Crippen LogP contribution in [0.4, 0.5) is 30.6 Å².